The van der Waals surface area contributed by atoms with Crippen molar-refractivity contribution in [1.29, 1.82) is 0 Å². The summed E-state index contributed by atoms with van der Waals surface area (Å²) in [6, 6.07) is 3.70. The van der Waals surface area contributed by atoms with E-state index in [1.54, 1.807) is 12.4 Å². The fourth-order valence-corrected chi connectivity index (χ4v) is 5.00. The molecule has 0 spiro atoms. The van der Waals surface area contributed by atoms with Crippen LogP contribution in [0.5, 0.6) is 0 Å². The lowest BCUT2D eigenvalue weighted by Crippen LogP contribution is -2.49. The first kappa shape index (κ1) is 16.0. The number of nitrogens with one attached hydrogen (secondary N) is 1. The summed E-state index contributed by atoms with van der Waals surface area (Å²) in [6.07, 6.45) is 5.92. The number of aliphatic carboxylic acids is 1. The Hall–Kier alpha value is -1.34. The molecule has 114 valence electrons. The summed E-state index contributed by atoms with van der Waals surface area (Å²) in [5.41, 5.74) is 0.843. The van der Waals surface area contributed by atoms with Crippen molar-refractivity contribution in [3.63, 3.8) is 0 Å². The van der Waals surface area contributed by atoms with E-state index in [2.05, 4.69) is 10.3 Å². The summed E-state index contributed by atoms with van der Waals surface area (Å²) in [7, 11) is -1.12. The van der Waals surface area contributed by atoms with E-state index in [1.807, 2.05) is 12.1 Å². The molecule has 1 saturated heterocycles. The molecule has 21 heavy (non-hydrogen) atoms. The third kappa shape index (κ3) is 3.47. The average Bonchev–Trinajstić information content (AvgIpc) is 2.48. The van der Waals surface area contributed by atoms with E-state index in [4.69, 9.17) is 17.3 Å². The minimum Gasteiger partial charge on any atom is -0.481 e. The first-order valence-corrected chi connectivity index (χ1v) is 8.59. The highest BCUT2D eigenvalue weighted by molar-refractivity contribution is 7.90. The van der Waals surface area contributed by atoms with Crippen LogP contribution in [0.4, 0.5) is 0 Å². The standard InChI is InChI=1S/C14H18N2O3S2/c17-12(18)5-8-16-13(20)14(6-1-2-9-21(14)19)11-4-3-7-15-10-11/h3-4,7,10H,1-2,5-6,8-9H2,(H,16,20)(H,17,18)/t14-,21-/m1/s1. The van der Waals surface area contributed by atoms with Crippen LogP contribution in [0.2, 0.25) is 0 Å². The van der Waals surface area contributed by atoms with Gasteiger partial charge in [0, 0.05) is 35.5 Å². The third-order valence-electron chi connectivity index (χ3n) is 3.62. The average molecular weight is 326 g/mol. The highest BCUT2D eigenvalue weighted by Crippen LogP contribution is 2.38. The molecule has 2 N–H and O–H groups in total. The molecule has 0 aliphatic carbocycles. The van der Waals surface area contributed by atoms with Crippen LogP contribution in [-0.4, -0.2) is 37.6 Å². The zero-order valence-corrected chi connectivity index (χ0v) is 13.2. The SMILES string of the molecule is O=C(O)CCNC(=S)[C@]1(c2cccnc2)CCCC[S@]1=O. The van der Waals surface area contributed by atoms with Crippen molar-refractivity contribution in [2.75, 3.05) is 12.3 Å². The lowest BCUT2D eigenvalue weighted by molar-refractivity contribution is -0.136. The van der Waals surface area contributed by atoms with Crippen LogP contribution in [0, 0.1) is 0 Å². The number of carboxylic acids is 1. The van der Waals surface area contributed by atoms with Crippen LogP contribution in [0.3, 0.4) is 0 Å². The summed E-state index contributed by atoms with van der Waals surface area (Å²) in [5.74, 6) is -0.277. The molecule has 7 heteroatoms. The molecule has 0 unspecified atom stereocenters. The number of hydrogen-bond donors (Lipinski definition) is 2. The fourth-order valence-electron chi connectivity index (χ4n) is 2.55. The number of nitrogens with zero attached hydrogens (tertiary/aromatic N) is 1. The lowest BCUT2D eigenvalue weighted by atomic mass is 9.92. The number of rotatable bonds is 5. The van der Waals surface area contributed by atoms with Gasteiger partial charge in [0.1, 0.15) is 4.75 Å². The summed E-state index contributed by atoms with van der Waals surface area (Å²) < 4.78 is 12.0. The van der Waals surface area contributed by atoms with E-state index in [-0.39, 0.29) is 13.0 Å². The van der Waals surface area contributed by atoms with Gasteiger partial charge in [-0.15, -0.1) is 0 Å². The summed E-state index contributed by atoms with van der Waals surface area (Å²) in [5, 5.41) is 11.7. The predicted molar refractivity (Wildman–Crippen MR) is 85.6 cm³/mol. The van der Waals surface area contributed by atoms with Crippen LogP contribution >= 0.6 is 12.2 Å². The largest absolute Gasteiger partial charge is 0.481 e. The fraction of sp³-hybridized carbons (Fsp3) is 0.500. The molecule has 2 rings (SSSR count). The Morgan fingerprint density at radius 3 is 2.95 bits per heavy atom. The second-order valence-corrected chi connectivity index (χ2v) is 7.18. The predicted octanol–water partition coefficient (Wildman–Crippen LogP) is 1.60. The van der Waals surface area contributed by atoms with Crippen molar-refractivity contribution in [3.8, 4) is 0 Å². The van der Waals surface area contributed by atoms with Gasteiger partial charge in [-0.1, -0.05) is 24.7 Å². The smallest absolute Gasteiger partial charge is 0.305 e. The van der Waals surface area contributed by atoms with Crippen molar-refractivity contribution in [2.45, 2.75) is 30.4 Å². The number of hydrogen-bond acceptors (Lipinski definition) is 4. The van der Waals surface area contributed by atoms with Gasteiger partial charge in [-0.3, -0.25) is 14.0 Å². The van der Waals surface area contributed by atoms with Crippen LogP contribution in [-0.2, 0) is 20.3 Å². The van der Waals surface area contributed by atoms with E-state index in [9.17, 15) is 9.00 Å². The van der Waals surface area contributed by atoms with Gasteiger partial charge in [0.25, 0.3) is 0 Å². The summed E-state index contributed by atoms with van der Waals surface area (Å²) in [4.78, 5) is 15.2. The van der Waals surface area contributed by atoms with Gasteiger partial charge in [-0.2, -0.15) is 0 Å². The maximum atomic E-state index is 12.7. The van der Waals surface area contributed by atoms with Gasteiger partial charge in [-0.25, -0.2) is 0 Å². The van der Waals surface area contributed by atoms with E-state index >= 15 is 0 Å². The minimum absolute atomic E-state index is 0.0180. The van der Waals surface area contributed by atoms with Crippen molar-refractivity contribution in [2.24, 2.45) is 0 Å². The first-order valence-electron chi connectivity index (χ1n) is 6.86. The Labute approximate surface area is 131 Å². The summed E-state index contributed by atoms with van der Waals surface area (Å²) >= 11 is 5.47. The van der Waals surface area contributed by atoms with Gasteiger partial charge in [-0.05, 0) is 24.5 Å². The molecule has 5 nitrogen and oxygen atoms in total. The third-order valence-corrected chi connectivity index (χ3v) is 6.32. The van der Waals surface area contributed by atoms with Gasteiger partial charge < -0.3 is 10.4 Å². The van der Waals surface area contributed by atoms with Crippen LogP contribution in [0.25, 0.3) is 0 Å². The van der Waals surface area contributed by atoms with E-state index < -0.39 is 21.5 Å². The van der Waals surface area contributed by atoms with E-state index in [1.165, 1.54) is 0 Å². The summed E-state index contributed by atoms with van der Waals surface area (Å²) in [6.45, 7) is 0.243. The van der Waals surface area contributed by atoms with Crippen LogP contribution in [0.1, 0.15) is 31.2 Å². The van der Waals surface area contributed by atoms with Crippen molar-refractivity contribution < 1.29 is 14.1 Å². The number of pyridine rings is 1. The molecule has 1 aromatic heterocycles. The molecule has 2 heterocycles. The molecule has 0 bridgehead atoms. The number of aromatic nitrogens is 1. The zero-order chi connectivity index (χ0) is 15.3. The molecular weight excluding hydrogens is 308 g/mol. The highest BCUT2D eigenvalue weighted by Gasteiger charge is 2.44. The zero-order valence-electron chi connectivity index (χ0n) is 11.6. The Kier molecular flexibility index (Phi) is 5.41. The minimum atomic E-state index is -1.12. The highest BCUT2D eigenvalue weighted by atomic mass is 32.2. The van der Waals surface area contributed by atoms with Crippen LogP contribution in [0.15, 0.2) is 24.5 Å². The molecule has 0 aromatic carbocycles. The van der Waals surface area contributed by atoms with Gasteiger partial charge in [0.05, 0.1) is 11.4 Å². The Morgan fingerprint density at radius 1 is 1.52 bits per heavy atom. The molecule has 1 fully saturated rings. The number of carboxylic acid groups (broad SMARTS) is 1. The normalized spacial score (nSPS) is 25.2. The Bertz CT molecular complexity index is 550. The maximum Gasteiger partial charge on any atom is 0.305 e. The molecular formula is C14H18N2O3S2. The Balaban J connectivity index is 2.26. The van der Waals surface area contributed by atoms with Crippen molar-refractivity contribution in [3.05, 3.63) is 30.1 Å². The molecule has 0 amide bonds. The second kappa shape index (κ2) is 7.09. The van der Waals surface area contributed by atoms with E-state index in [0.29, 0.717) is 17.2 Å². The quantitative estimate of drug-likeness (QED) is 0.800. The van der Waals surface area contributed by atoms with Gasteiger partial charge in [0.15, 0.2) is 0 Å². The molecule has 1 aliphatic heterocycles. The van der Waals surface area contributed by atoms with Gasteiger partial charge in [0.2, 0.25) is 0 Å². The molecule has 0 saturated carbocycles. The Morgan fingerprint density at radius 2 is 2.33 bits per heavy atom. The molecule has 1 aliphatic rings. The van der Waals surface area contributed by atoms with Crippen molar-refractivity contribution in [1.82, 2.24) is 10.3 Å². The first-order chi connectivity index (χ1) is 10.1. The lowest BCUT2D eigenvalue weighted by Gasteiger charge is -2.37. The molecule has 0 radical (unpaired) electrons. The number of thiocarbonyl (C=S) groups is 1. The topological polar surface area (TPSA) is 79.3 Å². The maximum absolute atomic E-state index is 12.7. The number of carbonyl (C=O) groups is 1. The van der Waals surface area contributed by atoms with Crippen molar-refractivity contribution >= 4 is 34.0 Å². The van der Waals surface area contributed by atoms with E-state index in [0.717, 1.165) is 18.4 Å². The monoisotopic (exact) mass is 326 g/mol. The van der Waals surface area contributed by atoms with Gasteiger partial charge >= 0.3 is 5.97 Å². The van der Waals surface area contributed by atoms with Crippen LogP contribution < -0.4 is 5.32 Å². The molecule has 2 atom stereocenters. The second-order valence-electron chi connectivity index (χ2n) is 4.98. The molecule has 1 aromatic rings.